The van der Waals surface area contributed by atoms with Gasteiger partial charge in [-0.25, -0.2) is 4.99 Å². The second-order valence-electron chi connectivity index (χ2n) is 6.64. The lowest BCUT2D eigenvalue weighted by molar-refractivity contribution is 0.354. The predicted molar refractivity (Wildman–Crippen MR) is 123 cm³/mol. The minimum atomic E-state index is -0.131. The first-order chi connectivity index (χ1) is 12.4. The summed E-state index contributed by atoms with van der Waals surface area (Å²) in [6.07, 6.45) is 0. The van der Waals surface area contributed by atoms with Crippen molar-refractivity contribution in [2.75, 3.05) is 20.8 Å². The summed E-state index contributed by atoms with van der Waals surface area (Å²) in [7, 11) is 3.22. The third-order valence-corrected chi connectivity index (χ3v) is 4.43. The zero-order valence-electron chi connectivity index (χ0n) is 16.1. The number of nitrogens with one attached hydrogen (secondary N) is 1. The van der Waals surface area contributed by atoms with Gasteiger partial charge in [0.05, 0.1) is 20.8 Å². The molecule has 0 atom stereocenters. The number of aliphatic imine (C=N–C) groups is 1. The van der Waals surface area contributed by atoms with Crippen molar-refractivity contribution < 1.29 is 9.47 Å². The van der Waals surface area contributed by atoms with Gasteiger partial charge in [-0.05, 0) is 35.4 Å². The van der Waals surface area contributed by atoms with Crippen LogP contribution in [0, 0.1) is 0 Å². The van der Waals surface area contributed by atoms with Crippen LogP contribution in [0.15, 0.2) is 47.5 Å². The van der Waals surface area contributed by atoms with Crippen LogP contribution in [-0.4, -0.2) is 26.7 Å². The van der Waals surface area contributed by atoms with Gasteiger partial charge in [0.25, 0.3) is 0 Å². The molecule has 0 unspecified atom stereocenters. The molecular formula is C20H27ClIN3O2. The third kappa shape index (κ3) is 6.77. The Kier molecular flexibility index (Phi) is 9.18. The molecule has 0 aromatic heterocycles. The van der Waals surface area contributed by atoms with Crippen LogP contribution in [0.4, 0.5) is 0 Å². The third-order valence-electron chi connectivity index (χ3n) is 4.20. The Balaban J connectivity index is 0.00000364. The summed E-state index contributed by atoms with van der Waals surface area (Å²) < 4.78 is 10.5. The lowest BCUT2D eigenvalue weighted by atomic mass is 9.85. The van der Waals surface area contributed by atoms with E-state index in [4.69, 9.17) is 26.8 Å². The number of hydrogen-bond donors (Lipinski definition) is 2. The molecule has 3 N–H and O–H groups in total. The highest BCUT2D eigenvalue weighted by Gasteiger charge is 2.20. The minimum Gasteiger partial charge on any atom is -0.493 e. The SMILES string of the molecule is COc1ccc(CN=C(N)NCC(C)(C)c2cccc(Cl)c2)cc1OC.I. The van der Waals surface area contributed by atoms with E-state index in [0.29, 0.717) is 30.5 Å². The van der Waals surface area contributed by atoms with Crippen LogP contribution >= 0.6 is 35.6 Å². The van der Waals surface area contributed by atoms with E-state index in [9.17, 15) is 0 Å². The van der Waals surface area contributed by atoms with Crippen LogP contribution in [0.1, 0.15) is 25.0 Å². The van der Waals surface area contributed by atoms with E-state index < -0.39 is 0 Å². The first-order valence-electron chi connectivity index (χ1n) is 8.36. The Morgan fingerprint density at radius 2 is 1.81 bits per heavy atom. The molecule has 27 heavy (non-hydrogen) atoms. The number of benzene rings is 2. The molecule has 0 aliphatic heterocycles. The second-order valence-corrected chi connectivity index (χ2v) is 7.08. The quantitative estimate of drug-likeness (QED) is 0.335. The van der Waals surface area contributed by atoms with Crippen LogP contribution in [0.25, 0.3) is 0 Å². The first-order valence-corrected chi connectivity index (χ1v) is 8.74. The van der Waals surface area contributed by atoms with Gasteiger partial charge in [-0.2, -0.15) is 0 Å². The maximum Gasteiger partial charge on any atom is 0.188 e. The van der Waals surface area contributed by atoms with Gasteiger partial charge in [0.1, 0.15) is 0 Å². The van der Waals surface area contributed by atoms with Crippen molar-refractivity contribution in [2.45, 2.75) is 25.8 Å². The van der Waals surface area contributed by atoms with Crippen molar-refractivity contribution in [1.82, 2.24) is 5.32 Å². The molecule has 148 valence electrons. The maximum atomic E-state index is 6.09. The molecule has 0 saturated carbocycles. The van der Waals surface area contributed by atoms with Crippen molar-refractivity contribution in [1.29, 1.82) is 0 Å². The normalized spacial score (nSPS) is 11.5. The summed E-state index contributed by atoms with van der Waals surface area (Å²) in [5.74, 6) is 1.76. The summed E-state index contributed by atoms with van der Waals surface area (Å²) in [6.45, 7) is 5.37. The number of rotatable bonds is 7. The monoisotopic (exact) mass is 503 g/mol. The Hall–Kier alpha value is -1.67. The Morgan fingerprint density at radius 3 is 2.44 bits per heavy atom. The molecule has 2 aromatic carbocycles. The van der Waals surface area contributed by atoms with E-state index in [2.05, 4.69) is 30.2 Å². The highest BCUT2D eigenvalue weighted by atomic mass is 127. The Bertz CT molecular complexity index is 782. The summed E-state index contributed by atoms with van der Waals surface area (Å²) in [4.78, 5) is 4.40. The van der Waals surface area contributed by atoms with Crippen LogP contribution in [0.3, 0.4) is 0 Å². The fourth-order valence-corrected chi connectivity index (χ4v) is 2.72. The van der Waals surface area contributed by atoms with Crippen LogP contribution in [0.2, 0.25) is 5.02 Å². The topological polar surface area (TPSA) is 68.9 Å². The van der Waals surface area contributed by atoms with Gasteiger partial charge in [-0.3, -0.25) is 0 Å². The van der Waals surface area contributed by atoms with E-state index in [0.717, 1.165) is 16.1 Å². The van der Waals surface area contributed by atoms with Gasteiger partial charge in [0.2, 0.25) is 0 Å². The standard InChI is InChI=1S/C20H26ClN3O2.HI/c1-20(2,15-6-5-7-16(21)11-15)13-24-19(22)23-12-14-8-9-17(25-3)18(10-14)26-4;/h5-11H,12-13H2,1-4H3,(H3,22,23,24);1H. The lowest BCUT2D eigenvalue weighted by Gasteiger charge is -2.26. The molecule has 0 bridgehead atoms. The summed E-state index contributed by atoms with van der Waals surface area (Å²) >= 11 is 6.09. The van der Waals surface area contributed by atoms with E-state index >= 15 is 0 Å². The zero-order chi connectivity index (χ0) is 19.2. The Labute approximate surface area is 183 Å². The van der Waals surface area contributed by atoms with Crippen molar-refractivity contribution >= 4 is 41.5 Å². The lowest BCUT2D eigenvalue weighted by Crippen LogP contribution is -2.40. The molecule has 0 heterocycles. The number of nitrogens with zero attached hydrogens (tertiary/aromatic N) is 1. The molecule has 0 aliphatic rings. The molecule has 0 amide bonds. The fourth-order valence-electron chi connectivity index (χ4n) is 2.53. The first kappa shape index (κ1) is 23.4. The molecule has 0 spiro atoms. The van der Waals surface area contributed by atoms with Gasteiger partial charge in [0, 0.05) is 17.0 Å². The minimum absolute atomic E-state index is 0. The predicted octanol–water partition coefficient (Wildman–Crippen LogP) is 4.36. The largest absolute Gasteiger partial charge is 0.493 e. The molecule has 0 aliphatic carbocycles. The van der Waals surface area contributed by atoms with Gasteiger partial charge in [-0.15, -0.1) is 24.0 Å². The van der Waals surface area contributed by atoms with Gasteiger partial charge in [-0.1, -0.05) is 43.6 Å². The highest BCUT2D eigenvalue weighted by Crippen LogP contribution is 2.28. The Morgan fingerprint density at radius 1 is 1.11 bits per heavy atom. The second kappa shape index (κ2) is 10.6. The van der Waals surface area contributed by atoms with E-state index in [1.165, 1.54) is 0 Å². The number of nitrogens with two attached hydrogens (primary N) is 1. The van der Waals surface area contributed by atoms with Gasteiger partial charge >= 0.3 is 0 Å². The number of guanidine groups is 1. The molecule has 2 rings (SSSR count). The number of halogens is 2. The maximum absolute atomic E-state index is 6.09. The average molecular weight is 504 g/mol. The van der Waals surface area contributed by atoms with E-state index in [-0.39, 0.29) is 29.4 Å². The zero-order valence-corrected chi connectivity index (χ0v) is 19.2. The summed E-state index contributed by atoms with van der Waals surface area (Å²) in [6, 6.07) is 13.5. The summed E-state index contributed by atoms with van der Waals surface area (Å²) in [5, 5.41) is 3.92. The molecular weight excluding hydrogens is 477 g/mol. The number of methoxy groups -OCH3 is 2. The number of hydrogen-bond acceptors (Lipinski definition) is 3. The smallest absolute Gasteiger partial charge is 0.188 e. The molecule has 0 radical (unpaired) electrons. The van der Waals surface area contributed by atoms with Crippen LogP contribution in [0.5, 0.6) is 11.5 Å². The number of ether oxygens (including phenoxy) is 2. The highest BCUT2D eigenvalue weighted by molar-refractivity contribution is 14.0. The summed E-state index contributed by atoms with van der Waals surface area (Å²) in [5.41, 5.74) is 8.02. The van der Waals surface area contributed by atoms with Crippen molar-refractivity contribution in [3.05, 3.63) is 58.6 Å². The molecule has 0 fully saturated rings. The van der Waals surface area contributed by atoms with E-state index in [1.807, 2.05) is 36.4 Å². The molecule has 7 heteroatoms. The van der Waals surface area contributed by atoms with Crippen LogP contribution in [-0.2, 0) is 12.0 Å². The van der Waals surface area contributed by atoms with E-state index in [1.54, 1.807) is 14.2 Å². The fraction of sp³-hybridized carbons (Fsp3) is 0.350. The van der Waals surface area contributed by atoms with Crippen LogP contribution < -0.4 is 20.5 Å². The van der Waals surface area contributed by atoms with Gasteiger partial charge in [0.15, 0.2) is 17.5 Å². The van der Waals surface area contributed by atoms with Crippen molar-refractivity contribution in [3.8, 4) is 11.5 Å². The van der Waals surface area contributed by atoms with Crippen molar-refractivity contribution in [2.24, 2.45) is 10.7 Å². The molecule has 5 nitrogen and oxygen atoms in total. The average Bonchev–Trinajstić information content (AvgIpc) is 2.64. The van der Waals surface area contributed by atoms with Gasteiger partial charge < -0.3 is 20.5 Å². The molecule has 2 aromatic rings. The van der Waals surface area contributed by atoms with Crippen molar-refractivity contribution in [3.63, 3.8) is 0 Å². The molecule has 0 saturated heterocycles.